The summed E-state index contributed by atoms with van der Waals surface area (Å²) in [5.41, 5.74) is -2.27. The quantitative estimate of drug-likeness (QED) is 0.360. The summed E-state index contributed by atoms with van der Waals surface area (Å²) in [6.45, 7) is -0.668. The van der Waals surface area contributed by atoms with E-state index >= 15 is 4.39 Å². The Morgan fingerprint density at radius 3 is 2.07 bits per heavy atom. The predicted molar refractivity (Wildman–Crippen MR) is 110 cm³/mol. The van der Waals surface area contributed by atoms with Gasteiger partial charge in [0.25, 0.3) is 5.91 Å². The van der Waals surface area contributed by atoms with Crippen LogP contribution >= 0.6 is 22.6 Å². The highest BCUT2D eigenvalue weighted by molar-refractivity contribution is 14.1. The lowest BCUT2D eigenvalue weighted by Crippen LogP contribution is -2.60. The normalized spacial score (nSPS) is 26.6. The van der Waals surface area contributed by atoms with Crippen LogP contribution in [-0.4, -0.2) is 27.8 Å². The molecule has 2 atom stereocenters. The summed E-state index contributed by atoms with van der Waals surface area (Å²) in [7, 11) is 0. The molecule has 0 radical (unpaired) electrons. The summed E-state index contributed by atoms with van der Waals surface area (Å²) in [4.78, 5) is 14.4. The Hall–Kier alpha value is -2.65. The molecule has 2 unspecified atom stereocenters. The molecule has 2 heterocycles. The third kappa shape index (κ3) is 2.95. The zero-order valence-corrected chi connectivity index (χ0v) is 17.3. The summed E-state index contributed by atoms with van der Waals surface area (Å²) in [5, 5.41) is 10.4. The maximum absolute atomic E-state index is 15.9. The van der Waals surface area contributed by atoms with Gasteiger partial charge in [0.2, 0.25) is 9.21 Å². The number of halogens is 5. The number of hydrogen-bond acceptors (Lipinski definition) is 4. The van der Waals surface area contributed by atoms with Crippen molar-refractivity contribution in [1.29, 1.82) is 5.26 Å². The van der Waals surface area contributed by atoms with Gasteiger partial charge < -0.3 is 4.90 Å². The first kappa shape index (κ1) is 20.6. The Morgan fingerprint density at radius 2 is 1.57 bits per heavy atom. The number of carbonyl (C=O) groups is 1. The topological polar surface area (TPSA) is 59.4 Å². The van der Waals surface area contributed by atoms with E-state index < -0.39 is 39.1 Å². The monoisotopic (exact) mass is 528 g/mol. The molecular formula is C20H13F4IN4O. The molecule has 1 amide bonds. The van der Waals surface area contributed by atoms with Gasteiger partial charge in [0.1, 0.15) is 11.8 Å². The van der Waals surface area contributed by atoms with Crippen LogP contribution in [0.15, 0.2) is 71.9 Å². The van der Waals surface area contributed by atoms with Crippen LogP contribution in [0.5, 0.6) is 0 Å². The number of hydrazine groups is 1. The van der Waals surface area contributed by atoms with Gasteiger partial charge in [-0.15, -0.1) is 0 Å². The molecule has 2 aromatic carbocycles. The fourth-order valence-corrected chi connectivity index (χ4v) is 4.63. The summed E-state index contributed by atoms with van der Waals surface area (Å²) in [6.07, 6.45) is -5.18. The first-order chi connectivity index (χ1) is 14.1. The average Bonchev–Trinajstić information content (AvgIpc) is 3.10. The third-order valence-electron chi connectivity index (χ3n) is 4.96. The second-order valence-corrected chi connectivity index (χ2v) is 8.51. The molecule has 2 aromatic rings. The smallest absolute Gasteiger partial charge is 0.303 e. The fraction of sp³-hybridized carbons (Fsp3) is 0.200. The van der Waals surface area contributed by atoms with Gasteiger partial charge in [-0.3, -0.25) is 9.80 Å². The minimum atomic E-state index is -5.18. The molecule has 30 heavy (non-hydrogen) atoms. The predicted octanol–water partition coefficient (Wildman–Crippen LogP) is 4.24. The van der Waals surface area contributed by atoms with Crippen LogP contribution in [-0.2, 0) is 4.79 Å². The first-order valence-corrected chi connectivity index (χ1v) is 9.81. The molecule has 1 N–H and O–H groups in total. The number of alkyl halides is 5. The van der Waals surface area contributed by atoms with Gasteiger partial charge in [-0.05, 0) is 46.9 Å². The molecule has 0 aliphatic carbocycles. The molecule has 154 valence electrons. The van der Waals surface area contributed by atoms with Crippen molar-refractivity contribution in [1.82, 2.24) is 5.43 Å². The molecule has 0 saturated carbocycles. The Morgan fingerprint density at radius 1 is 1.03 bits per heavy atom. The van der Waals surface area contributed by atoms with E-state index in [0.29, 0.717) is 5.69 Å². The summed E-state index contributed by atoms with van der Waals surface area (Å²) >= 11 is 1.24. The standard InChI is InChI=1S/C20H13F4IN4O/c21-19(25)12-28(13-7-3-1-4-8-13)17(30)15-16(19)18(11-26,20(22,23)24)27-29(15)14-9-5-2-6-10-14/h1-10,27H,12H2. The maximum Gasteiger partial charge on any atom is 0.425 e. The number of nitriles is 1. The minimum absolute atomic E-state index is 0.168. The van der Waals surface area contributed by atoms with Crippen LogP contribution in [0, 0.1) is 11.3 Å². The molecule has 10 heteroatoms. The lowest BCUT2D eigenvalue weighted by Gasteiger charge is -2.38. The first-order valence-electron chi connectivity index (χ1n) is 8.73. The number of rotatable bonds is 2. The number of amides is 1. The molecule has 0 fully saturated rings. The van der Waals surface area contributed by atoms with Crippen molar-refractivity contribution in [3.05, 3.63) is 71.9 Å². The van der Waals surface area contributed by atoms with Crippen LogP contribution in [0.1, 0.15) is 0 Å². The largest absolute Gasteiger partial charge is 0.425 e. The van der Waals surface area contributed by atoms with Crippen molar-refractivity contribution < 1.29 is 22.4 Å². The highest BCUT2D eigenvalue weighted by atomic mass is 127. The SMILES string of the molecule is N#CC1(C(F)(F)F)NN(c2ccccc2)C2=C1C(F)(I)CN(c1ccccc1)C2=O. The van der Waals surface area contributed by atoms with Gasteiger partial charge in [-0.2, -0.15) is 23.9 Å². The van der Waals surface area contributed by atoms with Crippen molar-refractivity contribution in [2.24, 2.45) is 0 Å². The number of nitrogens with one attached hydrogen (secondary N) is 1. The Labute approximate surface area is 182 Å². The minimum Gasteiger partial charge on any atom is -0.303 e. The van der Waals surface area contributed by atoms with E-state index in [1.54, 1.807) is 48.5 Å². The van der Waals surface area contributed by atoms with Crippen molar-refractivity contribution >= 4 is 39.9 Å². The number of anilines is 2. The van der Waals surface area contributed by atoms with Gasteiger partial charge in [0, 0.05) is 5.69 Å². The number of benzene rings is 2. The van der Waals surface area contributed by atoms with Gasteiger partial charge >= 0.3 is 6.18 Å². The second kappa shape index (κ2) is 6.95. The number of carbonyl (C=O) groups excluding carboxylic acids is 1. The van der Waals surface area contributed by atoms with E-state index in [0.717, 1.165) is 9.91 Å². The Kier molecular flexibility index (Phi) is 4.78. The zero-order valence-electron chi connectivity index (χ0n) is 15.1. The van der Waals surface area contributed by atoms with Crippen LogP contribution in [0.2, 0.25) is 0 Å². The molecule has 2 aliphatic rings. The van der Waals surface area contributed by atoms with Crippen molar-refractivity contribution in [2.75, 3.05) is 16.5 Å². The van der Waals surface area contributed by atoms with Crippen molar-refractivity contribution in [2.45, 2.75) is 15.4 Å². The van der Waals surface area contributed by atoms with Crippen LogP contribution in [0.4, 0.5) is 28.9 Å². The number of hydrogen-bond donors (Lipinski definition) is 1. The second-order valence-electron chi connectivity index (χ2n) is 6.80. The van der Waals surface area contributed by atoms with Gasteiger partial charge in [0.05, 0.1) is 17.8 Å². The summed E-state index contributed by atoms with van der Waals surface area (Å²) in [5.74, 6) is -0.834. The number of para-hydroxylation sites is 2. The Balaban J connectivity index is 1.98. The van der Waals surface area contributed by atoms with E-state index in [2.05, 4.69) is 5.43 Å². The van der Waals surface area contributed by atoms with Crippen molar-refractivity contribution in [3.8, 4) is 6.07 Å². The third-order valence-corrected chi connectivity index (χ3v) is 5.84. The molecular weight excluding hydrogens is 515 g/mol. The molecule has 5 nitrogen and oxygen atoms in total. The molecule has 0 saturated heterocycles. The van der Waals surface area contributed by atoms with Crippen LogP contribution in [0.25, 0.3) is 0 Å². The fourth-order valence-electron chi connectivity index (χ4n) is 3.63. The van der Waals surface area contributed by atoms with Crippen LogP contribution in [0.3, 0.4) is 0 Å². The summed E-state index contributed by atoms with van der Waals surface area (Å²) in [6, 6.07) is 17.0. The van der Waals surface area contributed by atoms with E-state index in [9.17, 15) is 23.2 Å². The van der Waals surface area contributed by atoms with Gasteiger partial charge in [-0.25, -0.2) is 4.39 Å². The van der Waals surface area contributed by atoms with Gasteiger partial charge in [0.15, 0.2) is 0 Å². The lowest BCUT2D eigenvalue weighted by molar-refractivity contribution is -0.168. The highest BCUT2D eigenvalue weighted by Gasteiger charge is 2.70. The summed E-state index contributed by atoms with van der Waals surface area (Å²) < 4.78 is 55.6. The van der Waals surface area contributed by atoms with E-state index in [1.807, 2.05) is 0 Å². The molecule has 0 bridgehead atoms. The van der Waals surface area contributed by atoms with E-state index in [-0.39, 0.29) is 5.69 Å². The zero-order chi connectivity index (χ0) is 21.7. The number of nitrogens with zero attached hydrogens (tertiary/aromatic N) is 3. The van der Waals surface area contributed by atoms with E-state index in [4.69, 9.17) is 0 Å². The maximum atomic E-state index is 15.9. The molecule has 0 aromatic heterocycles. The Bertz CT molecular complexity index is 1070. The molecule has 2 aliphatic heterocycles. The van der Waals surface area contributed by atoms with Crippen molar-refractivity contribution in [3.63, 3.8) is 0 Å². The van der Waals surface area contributed by atoms with E-state index in [1.165, 1.54) is 40.8 Å². The highest BCUT2D eigenvalue weighted by Crippen LogP contribution is 2.53. The average molecular weight is 528 g/mol. The lowest BCUT2D eigenvalue weighted by atomic mass is 9.85. The van der Waals surface area contributed by atoms with Gasteiger partial charge in [-0.1, -0.05) is 36.4 Å². The van der Waals surface area contributed by atoms with Crippen LogP contribution < -0.4 is 15.3 Å². The molecule has 0 spiro atoms. The molecule has 4 rings (SSSR count).